The van der Waals surface area contributed by atoms with E-state index in [-0.39, 0.29) is 12.1 Å². The fourth-order valence-corrected chi connectivity index (χ4v) is 4.61. The number of hydrogen-bond donors (Lipinski definition) is 2. The fraction of sp³-hybridized carbons (Fsp3) is 0.522. The third-order valence-corrected chi connectivity index (χ3v) is 6.60. The monoisotopic (exact) mass is 422 g/mol. The quantitative estimate of drug-likeness (QED) is 0.603. The van der Waals surface area contributed by atoms with E-state index in [1.54, 1.807) is 11.6 Å². The highest BCUT2D eigenvalue weighted by molar-refractivity contribution is 5.53. The van der Waals surface area contributed by atoms with Gasteiger partial charge in [0.05, 0.1) is 19.3 Å². The van der Waals surface area contributed by atoms with Crippen LogP contribution in [0, 0.1) is 11.8 Å². The maximum Gasteiger partial charge on any atom is 0.322 e. The van der Waals surface area contributed by atoms with E-state index < -0.39 is 0 Å². The molecule has 1 unspecified atom stereocenters. The van der Waals surface area contributed by atoms with Crippen molar-refractivity contribution in [1.29, 1.82) is 0 Å². The van der Waals surface area contributed by atoms with Crippen molar-refractivity contribution in [2.75, 3.05) is 25.5 Å². The number of hydrogen-bond acceptors (Lipinski definition) is 7. The van der Waals surface area contributed by atoms with Crippen molar-refractivity contribution in [2.24, 2.45) is 11.8 Å². The molecule has 1 aliphatic carbocycles. The molecule has 3 aromatic rings. The molecule has 31 heavy (non-hydrogen) atoms. The van der Waals surface area contributed by atoms with Gasteiger partial charge in [-0.05, 0) is 49.4 Å². The summed E-state index contributed by atoms with van der Waals surface area (Å²) in [5.74, 6) is 3.04. The molecule has 2 fully saturated rings. The molecule has 0 spiro atoms. The van der Waals surface area contributed by atoms with E-state index in [0.29, 0.717) is 23.8 Å². The SMILES string of the molecule is COc1cccc([C@H](C)Nc2nc(OC3C[C@@H]4CNC[C@H]34)nc3c(C(C)C)cnn23)c1. The molecule has 4 atom stereocenters. The second-order valence-electron chi connectivity index (χ2n) is 8.94. The van der Waals surface area contributed by atoms with Crippen LogP contribution in [0.3, 0.4) is 0 Å². The van der Waals surface area contributed by atoms with Crippen LogP contribution in [-0.4, -0.2) is 45.9 Å². The predicted molar refractivity (Wildman–Crippen MR) is 119 cm³/mol. The molecular weight excluding hydrogens is 392 g/mol. The highest BCUT2D eigenvalue weighted by Crippen LogP contribution is 2.39. The topological polar surface area (TPSA) is 85.6 Å². The Bertz CT molecular complexity index is 1080. The Kier molecular flexibility index (Phi) is 5.17. The van der Waals surface area contributed by atoms with E-state index in [4.69, 9.17) is 19.4 Å². The van der Waals surface area contributed by atoms with Crippen LogP contribution in [0.2, 0.25) is 0 Å². The molecule has 3 heterocycles. The van der Waals surface area contributed by atoms with Gasteiger partial charge in [-0.3, -0.25) is 0 Å². The average Bonchev–Trinajstić information content (AvgIpc) is 3.35. The standard InChI is InChI=1S/C23H30N6O2/c1-13(2)18-12-25-29-21(18)27-23(31-20-9-16-10-24-11-19(16)20)28-22(29)26-14(3)15-6-5-7-17(8-15)30-4/h5-8,12-14,16,19-20,24H,9-11H2,1-4H3,(H,26,27,28)/t14-,16+,19-,20?/m0/s1. The van der Waals surface area contributed by atoms with Gasteiger partial charge in [0.25, 0.3) is 0 Å². The lowest BCUT2D eigenvalue weighted by molar-refractivity contribution is 0.0100. The second kappa shape index (κ2) is 8.00. The lowest BCUT2D eigenvalue weighted by Crippen LogP contribution is -2.44. The molecule has 1 aromatic carbocycles. The van der Waals surface area contributed by atoms with E-state index >= 15 is 0 Å². The third-order valence-electron chi connectivity index (χ3n) is 6.60. The van der Waals surface area contributed by atoms with Gasteiger partial charge in [-0.15, -0.1) is 0 Å². The molecule has 8 heteroatoms. The summed E-state index contributed by atoms with van der Waals surface area (Å²) in [5.41, 5.74) is 2.97. The van der Waals surface area contributed by atoms with Gasteiger partial charge < -0.3 is 20.1 Å². The Morgan fingerprint density at radius 2 is 2.06 bits per heavy atom. The van der Waals surface area contributed by atoms with E-state index in [1.807, 2.05) is 24.4 Å². The Morgan fingerprint density at radius 3 is 2.84 bits per heavy atom. The maximum atomic E-state index is 6.28. The van der Waals surface area contributed by atoms with Gasteiger partial charge in [0.1, 0.15) is 11.9 Å². The summed E-state index contributed by atoms with van der Waals surface area (Å²) >= 11 is 0. The van der Waals surface area contributed by atoms with Gasteiger partial charge >= 0.3 is 6.01 Å². The Morgan fingerprint density at radius 1 is 1.19 bits per heavy atom. The highest BCUT2D eigenvalue weighted by atomic mass is 16.5. The Labute approximate surface area is 182 Å². The molecule has 5 rings (SSSR count). The number of nitrogens with one attached hydrogen (secondary N) is 2. The first-order valence-corrected chi connectivity index (χ1v) is 11.1. The summed E-state index contributed by atoms with van der Waals surface area (Å²) in [6.07, 6.45) is 3.11. The molecule has 0 amide bonds. The molecule has 1 aliphatic heterocycles. The molecule has 164 valence electrons. The Hall–Kier alpha value is -2.87. The van der Waals surface area contributed by atoms with Crippen LogP contribution in [0.4, 0.5) is 5.95 Å². The fourth-order valence-electron chi connectivity index (χ4n) is 4.61. The first-order chi connectivity index (χ1) is 15.0. The van der Waals surface area contributed by atoms with E-state index in [0.717, 1.165) is 48.0 Å². The molecular formula is C23H30N6O2. The molecule has 0 radical (unpaired) electrons. The van der Waals surface area contributed by atoms with Gasteiger partial charge in [0, 0.05) is 18.0 Å². The van der Waals surface area contributed by atoms with Crippen molar-refractivity contribution in [2.45, 2.75) is 45.3 Å². The van der Waals surface area contributed by atoms with Crippen LogP contribution in [0.15, 0.2) is 30.5 Å². The van der Waals surface area contributed by atoms with Crippen molar-refractivity contribution in [3.63, 3.8) is 0 Å². The van der Waals surface area contributed by atoms with Crippen molar-refractivity contribution >= 4 is 11.6 Å². The van der Waals surface area contributed by atoms with E-state index in [9.17, 15) is 0 Å². The zero-order valence-corrected chi connectivity index (χ0v) is 18.5. The molecule has 2 aromatic heterocycles. The zero-order valence-electron chi connectivity index (χ0n) is 18.5. The van der Waals surface area contributed by atoms with Crippen molar-refractivity contribution in [1.82, 2.24) is 24.9 Å². The number of ether oxygens (including phenoxy) is 2. The second-order valence-corrected chi connectivity index (χ2v) is 8.94. The number of anilines is 1. The lowest BCUT2D eigenvalue weighted by Gasteiger charge is -2.38. The maximum absolute atomic E-state index is 6.28. The lowest BCUT2D eigenvalue weighted by atomic mass is 9.73. The summed E-state index contributed by atoms with van der Waals surface area (Å²) in [7, 11) is 1.68. The summed E-state index contributed by atoms with van der Waals surface area (Å²) < 4.78 is 13.4. The number of aromatic nitrogens is 4. The summed E-state index contributed by atoms with van der Waals surface area (Å²) in [4.78, 5) is 9.47. The summed E-state index contributed by atoms with van der Waals surface area (Å²) in [6.45, 7) is 8.49. The van der Waals surface area contributed by atoms with Crippen molar-refractivity contribution < 1.29 is 9.47 Å². The number of methoxy groups -OCH3 is 1. The van der Waals surface area contributed by atoms with Crippen molar-refractivity contribution in [3.8, 4) is 11.8 Å². The number of fused-ring (bicyclic) bond motifs is 2. The summed E-state index contributed by atoms with van der Waals surface area (Å²) in [6, 6.07) is 8.45. The molecule has 1 saturated carbocycles. The van der Waals surface area contributed by atoms with Crippen molar-refractivity contribution in [3.05, 3.63) is 41.6 Å². The van der Waals surface area contributed by atoms with E-state index in [1.165, 1.54) is 0 Å². The van der Waals surface area contributed by atoms with E-state index in [2.05, 4.69) is 42.6 Å². The van der Waals surface area contributed by atoms with Gasteiger partial charge in [-0.25, -0.2) is 0 Å². The molecule has 8 nitrogen and oxygen atoms in total. The van der Waals surface area contributed by atoms with Crippen LogP contribution in [0.25, 0.3) is 5.65 Å². The highest BCUT2D eigenvalue weighted by Gasteiger charge is 2.46. The minimum Gasteiger partial charge on any atom is -0.497 e. The van der Waals surface area contributed by atoms with Crippen LogP contribution in [0.1, 0.15) is 50.3 Å². The average molecular weight is 423 g/mol. The summed E-state index contributed by atoms with van der Waals surface area (Å²) in [5, 5.41) is 11.5. The largest absolute Gasteiger partial charge is 0.497 e. The van der Waals surface area contributed by atoms with Crippen LogP contribution in [0.5, 0.6) is 11.8 Å². The molecule has 0 bridgehead atoms. The van der Waals surface area contributed by atoms with Gasteiger partial charge in [0.2, 0.25) is 5.95 Å². The van der Waals surface area contributed by atoms with Gasteiger partial charge in [-0.1, -0.05) is 26.0 Å². The Balaban J connectivity index is 1.46. The minimum atomic E-state index is -0.000125. The molecule has 2 aliphatic rings. The number of rotatable bonds is 7. The van der Waals surface area contributed by atoms with Gasteiger partial charge in [0.15, 0.2) is 5.65 Å². The number of nitrogens with zero attached hydrogens (tertiary/aromatic N) is 4. The number of benzene rings is 1. The normalized spacial score (nSPS) is 23.5. The smallest absolute Gasteiger partial charge is 0.322 e. The first kappa shape index (κ1) is 20.1. The van der Waals surface area contributed by atoms with Crippen LogP contribution < -0.4 is 20.1 Å². The first-order valence-electron chi connectivity index (χ1n) is 11.1. The van der Waals surface area contributed by atoms with Crippen LogP contribution >= 0.6 is 0 Å². The predicted octanol–water partition coefficient (Wildman–Crippen LogP) is 3.42. The minimum absolute atomic E-state index is 0.000125. The van der Waals surface area contributed by atoms with Gasteiger partial charge in [-0.2, -0.15) is 19.6 Å². The molecule has 2 N–H and O–H groups in total. The van der Waals surface area contributed by atoms with Crippen LogP contribution in [-0.2, 0) is 0 Å². The zero-order chi connectivity index (χ0) is 21.5. The molecule has 1 saturated heterocycles. The third kappa shape index (κ3) is 3.69.